The maximum atomic E-state index is 12.0. The summed E-state index contributed by atoms with van der Waals surface area (Å²) >= 11 is 0. The number of carbonyl (C=O) groups is 1. The minimum atomic E-state index is -0.899. The highest BCUT2D eigenvalue weighted by atomic mass is 16.5. The first kappa shape index (κ1) is 13.9. The Labute approximate surface area is 91.8 Å². The van der Waals surface area contributed by atoms with E-state index in [-0.39, 0.29) is 5.91 Å². The summed E-state index contributed by atoms with van der Waals surface area (Å²) in [7, 11) is 1.60. The number of hydrogen-bond donors (Lipinski definition) is 0. The van der Waals surface area contributed by atoms with E-state index in [1.807, 2.05) is 13.8 Å². The summed E-state index contributed by atoms with van der Waals surface area (Å²) in [5, 5.41) is 9.00. The van der Waals surface area contributed by atoms with Crippen molar-refractivity contribution >= 4 is 5.91 Å². The molecule has 1 unspecified atom stereocenters. The normalized spacial score (nSPS) is 14.1. The second-order valence-electron chi connectivity index (χ2n) is 3.68. The van der Waals surface area contributed by atoms with Gasteiger partial charge in [-0.25, -0.2) is 0 Å². The molecule has 0 aromatic rings. The van der Waals surface area contributed by atoms with Crippen LogP contribution in [0.4, 0.5) is 0 Å². The summed E-state index contributed by atoms with van der Waals surface area (Å²) in [6.07, 6.45) is 0.534. The lowest BCUT2D eigenvalue weighted by molar-refractivity contribution is -0.138. The van der Waals surface area contributed by atoms with Gasteiger partial charge in [0.25, 0.3) is 0 Å². The zero-order valence-corrected chi connectivity index (χ0v) is 10.0. The van der Waals surface area contributed by atoms with E-state index in [0.717, 1.165) is 0 Å². The number of rotatable bonds is 6. The van der Waals surface area contributed by atoms with Gasteiger partial charge in [-0.3, -0.25) is 4.79 Å². The van der Waals surface area contributed by atoms with Crippen LogP contribution >= 0.6 is 0 Å². The Kier molecular flexibility index (Phi) is 5.95. The number of methoxy groups -OCH3 is 1. The van der Waals surface area contributed by atoms with Gasteiger partial charge in [-0.15, -0.1) is 0 Å². The SMILES string of the molecule is CCN(CCOC)C(=O)C(C)(C#N)CC. The molecule has 0 saturated heterocycles. The zero-order chi connectivity index (χ0) is 11.9. The van der Waals surface area contributed by atoms with Crippen LogP contribution in [0, 0.1) is 16.7 Å². The van der Waals surface area contributed by atoms with Crippen molar-refractivity contribution in [2.45, 2.75) is 27.2 Å². The van der Waals surface area contributed by atoms with Gasteiger partial charge in [-0.2, -0.15) is 5.26 Å². The monoisotopic (exact) mass is 212 g/mol. The fourth-order valence-electron chi connectivity index (χ4n) is 1.23. The number of nitriles is 1. The van der Waals surface area contributed by atoms with Crippen LogP contribution in [0.25, 0.3) is 0 Å². The van der Waals surface area contributed by atoms with Gasteiger partial charge in [0, 0.05) is 20.2 Å². The third kappa shape index (κ3) is 3.52. The summed E-state index contributed by atoms with van der Waals surface area (Å²) < 4.78 is 4.93. The van der Waals surface area contributed by atoms with Crippen molar-refractivity contribution in [3.05, 3.63) is 0 Å². The van der Waals surface area contributed by atoms with E-state index in [2.05, 4.69) is 6.07 Å². The molecule has 0 aromatic heterocycles. The van der Waals surface area contributed by atoms with E-state index in [0.29, 0.717) is 26.1 Å². The Morgan fingerprint density at radius 3 is 2.47 bits per heavy atom. The second-order valence-corrected chi connectivity index (χ2v) is 3.68. The Hall–Kier alpha value is -1.08. The third-order valence-electron chi connectivity index (χ3n) is 2.66. The Balaban J connectivity index is 4.57. The molecule has 0 rings (SSSR count). The lowest BCUT2D eigenvalue weighted by Gasteiger charge is -2.28. The summed E-state index contributed by atoms with van der Waals surface area (Å²) in [6, 6.07) is 2.09. The van der Waals surface area contributed by atoms with Gasteiger partial charge in [0.05, 0.1) is 12.7 Å². The molecule has 1 amide bonds. The maximum Gasteiger partial charge on any atom is 0.242 e. The van der Waals surface area contributed by atoms with Gasteiger partial charge in [-0.05, 0) is 20.3 Å². The van der Waals surface area contributed by atoms with E-state index in [4.69, 9.17) is 10.00 Å². The van der Waals surface area contributed by atoms with Crippen molar-refractivity contribution < 1.29 is 9.53 Å². The van der Waals surface area contributed by atoms with Gasteiger partial charge in [0.2, 0.25) is 5.91 Å². The second kappa shape index (κ2) is 6.41. The molecule has 4 heteroatoms. The van der Waals surface area contributed by atoms with Gasteiger partial charge >= 0.3 is 0 Å². The molecule has 0 aliphatic rings. The summed E-state index contributed by atoms with van der Waals surface area (Å²) in [4.78, 5) is 13.7. The predicted molar refractivity (Wildman–Crippen MR) is 58.1 cm³/mol. The number of hydrogen-bond acceptors (Lipinski definition) is 3. The number of likely N-dealkylation sites (N-methyl/N-ethyl adjacent to an activating group) is 1. The molecule has 0 aromatic carbocycles. The largest absolute Gasteiger partial charge is 0.383 e. The van der Waals surface area contributed by atoms with Crippen LogP contribution in [-0.2, 0) is 9.53 Å². The van der Waals surface area contributed by atoms with Crippen molar-refractivity contribution in [1.29, 1.82) is 5.26 Å². The molecule has 0 bridgehead atoms. The number of amides is 1. The molecular weight excluding hydrogens is 192 g/mol. The molecule has 0 saturated carbocycles. The first-order valence-electron chi connectivity index (χ1n) is 5.25. The highest BCUT2D eigenvalue weighted by molar-refractivity contribution is 5.85. The van der Waals surface area contributed by atoms with Crippen LogP contribution in [0.5, 0.6) is 0 Å². The lowest BCUT2D eigenvalue weighted by Crippen LogP contribution is -2.42. The Bertz CT molecular complexity index is 247. The molecular formula is C11H20N2O2. The van der Waals surface area contributed by atoms with Crippen LogP contribution in [0.15, 0.2) is 0 Å². The molecule has 0 radical (unpaired) electrons. The van der Waals surface area contributed by atoms with E-state index in [1.165, 1.54) is 0 Å². The summed E-state index contributed by atoms with van der Waals surface area (Å²) in [6.45, 7) is 7.10. The van der Waals surface area contributed by atoms with E-state index >= 15 is 0 Å². The number of ether oxygens (including phenoxy) is 1. The number of nitrogens with zero attached hydrogens (tertiary/aromatic N) is 2. The van der Waals surface area contributed by atoms with Crippen molar-refractivity contribution in [3.8, 4) is 6.07 Å². The van der Waals surface area contributed by atoms with Crippen LogP contribution in [0.1, 0.15) is 27.2 Å². The molecule has 0 aliphatic carbocycles. The first-order chi connectivity index (χ1) is 7.05. The smallest absolute Gasteiger partial charge is 0.242 e. The minimum Gasteiger partial charge on any atom is -0.383 e. The molecule has 0 heterocycles. The molecule has 1 atom stereocenters. The molecule has 15 heavy (non-hydrogen) atoms. The molecule has 0 aliphatic heterocycles. The van der Waals surface area contributed by atoms with Crippen LogP contribution in [0.3, 0.4) is 0 Å². The average Bonchev–Trinajstić information content (AvgIpc) is 2.28. The standard InChI is InChI=1S/C11H20N2O2/c1-5-11(3,9-12)10(14)13(6-2)7-8-15-4/h5-8H2,1-4H3. The van der Waals surface area contributed by atoms with Crippen molar-refractivity contribution in [3.63, 3.8) is 0 Å². The summed E-state index contributed by atoms with van der Waals surface area (Å²) in [5.41, 5.74) is -0.899. The molecule has 86 valence electrons. The van der Waals surface area contributed by atoms with Crippen LogP contribution in [-0.4, -0.2) is 37.6 Å². The van der Waals surface area contributed by atoms with Gasteiger partial charge in [0.1, 0.15) is 5.41 Å². The third-order valence-corrected chi connectivity index (χ3v) is 2.66. The summed E-state index contributed by atoms with van der Waals surface area (Å²) in [5.74, 6) is -0.105. The van der Waals surface area contributed by atoms with Crippen molar-refractivity contribution in [1.82, 2.24) is 4.90 Å². The van der Waals surface area contributed by atoms with Crippen LogP contribution in [0.2, 0.25) is 0 Å². The fraction of sp³-hybridized carbons (Fsp3) is 0.818. The van der Waals surface area contributed by atoms with Gasteiger partial charge in [-0.1, -0.05) is 6.92 Å². The Morgan fingerprint density at radius 2 is 2.13 bits per heavy atom. The van der Waals surface area contributed by atoms with Crippen molar-refractivity contribution in [2.24, 2.45) is 5.41 Å². The molecule has 0 N–H and O–H groups in total. The predicted octanol–water partition coefficient (Wildman–Crippen LogP) is 1.42. The van der Waals surface area contributed by atoms with E-state index in [9.17, 15) is 4.79 Å². The fourth-order valence-corrected chi connectivity index (χ4v) is 1.23. The molecule has 0 spiro atoms. The number of carbonyl (C=O) groups excluding carboxylic acids is 1. The lowest BCUT2D eigenvalue weighted by atomic mass is 9.88. The quantitative estimate of drug-likeness (QED) is 0.669. The highest BCUT2D eigenvalue weighted by Gasteiger charge is 2.34. The topological polar surface area (TPSA) is 53.3 Å². The van der Waals surface area contributed by atoms with E-state index in [1.54, 1.807) is 18.9 Å². The van der Waals surface area contributed by atoms with Crippen molar-refractivity contribution in [2.75, 3.05) is 26.8 Å². The van der Waals surface area contributed by atoms with E-state index < -0.39 is 5.41 Å². The first-order valence-corrected chi connectivity index (χ1v) is 5.25. The van der Waals surface area contributed by atoms with Crippen LogP contribution < -0.4 is 0 Å². The average molecular weight is 212 g/mol. The van der Waals surface area contributed by atoms with Gasteiger partial charge in [0.15, 0.2) is 0 Å². The Morgan fingerprint density at radius 1 is 1.53 bits per heavy atom. The van der Waals surface area contributed by atoms with Gasteiger partial charge < -0.3 is 9.64 Å². The maximum absolute atomic E-state index is 12.0. The molecule has 0 fully saturated rings. The molecule has 4 nitrogen and oxygen atoms in total. The highest BCUT2D eigenvalue weighted by Crippen LogP contribution is 2.22. The minimum absolute atomic E-state index is 0.105. The zero-order valence-electron chi connectivity index (χ0n) is 10.0.